The summed E-state index contributed by atoms with van der Waals surface area (Å²) in [5.41, 5.74) is -1.44. The molecule has 0 spiro atoms. The number of likely N-dealkylation sites (N-methyl/N-ethyl adjacent to an activating group) is 1. The lowest BCUT2D eigenvalue weighted by Crippen LogP contribution is -2.72. The molecule has 86 valence electrons. The van der Waals surface area contributed by atoms with E-state index in [0.29, 0.717) is 12.8 Å². The normalized spacial score (nSPS) is 36.7. The Morgan fingerprint density at radius 3 is 2.13 bits per heavy atom. The topological polar surface area (TPSA) is 49.4 Å². The molecule has 0 aromatic heterocycles. The molecular weight excluding hydrogens is 192 g/mol. The van der Waals surface area contributed by atoms with Crippen molar-refractivity contribution in [2.24, 2.45) is 0 Å². The van der Waals surface area contributed by atoms with Crippen LogP contribution in [-0.2, 0) is 9.59 Å². The summed E-state index contributed by atoms with van der Waals surface area (Å²) >= 11 is 0. The highest BCUT2D eigenvalue weighted by molar-refractivity contribution is 6.01. The first-order chi connectivity index (χ1) is 6.81. The first-order valence-corrected chi connectivity index (χ1v) is 5.42. The largest absolute Gasteiger partial charge is 0.340 e. The lowest BCUT2D eigenvalue weighted by atomic mass is 9.85. The second-order valence-corrected chi connectivity index (χ2v) is 4.63. The second-order valence-electron chi connectivity index (χ2n) is 4.63. The van der Waals surface area contributed by atoms with Gasteiger partial charge in [0.05, 0.1) is 0 Å². The molecule has 4 heteroatoms. The first kappa shape index (κ1) is 12.0. The van der Waals surface area contributed by atoms with Crippen molar-refractivity contribution in [1.82, 2.24) is 10.2 Å². The third-order valence-corrected chi connectivity index (χ3v) is 3.79. The highest BCUT2D eigenvalue weighted by Crippen LogP contribution is 2.28. The molecule has 0 saturated carbocycles. The minimum absolute atomic E-state index is 0.00560. The number of hydrogen-bond acceptors (Lipinski definition) is 2. The Morgan fingerprint density at radius 2 is 1.73 bits per heavy atom. The molecule has 1 aliphatic rings. The van der Waals surface area contributed by atoms with E-state index in [-0.39, 0.29) is 11.8 Å². The number of piperazine rings is 1. The molecule has 2 amide bonds. The van der Waals surface area contributed by atoms with Crippen molar-refractivity contribution >= 4 is 11.8 Å². The van der Waals surface area contributed by atoms with Gasteiger partial charge in [-0.1, -0.05) is 13.8 Å². The summed E-state index contributed by atoms with van der Waals surface area (Å²) in [6.07, 6.45) is 1.24. The van der Waals surface area contributed by atoms with Crippen molar-refractivity contribution in [1.29, 1.82) is 0 Å². The molecule has 2 atom stereocenters. The third kappa shape index (κ3) is 1.52. The Morgan fingerprint density at radius 1 is 1.20 bits per heavy atom. The zero-order valence-electron chi connectivity index (χ0n) is 10.2. The van der Waals surface area contributed by atoms with Gasteiger partial charge in [-0.3, -0.25) is 9.59 Å². The van der Waals surface area contributed by atoms with E-state index in [4.69, 9.17) is 0 Å². The second kappa shape index (κ2) is 3.51. The van der Waals surface area contributed by atoms with Gasteiger partial charge in [0.2, 0.25) is 11.8 Å². The number of nitrogens with zero attached hydrogens (tertiary/aromatic N) is 1. The third-order valence-electron chi connectivity index (χ3n) is 3.79. The Bertz CT molecular complexity index is 303. The average molecular weight is 212 g/mol. The van der Waals surface area contributed by atoms with Crippen molar-refractivity contribution in [2.45, 2.75) is 51.6 Å². The van der Waals surface area contributed by atoms with E-state index < -0.39 is 11.1 Å². The summed E-state index contributed by atoms with van der Waals surface area (Å²) in [4.78, 5) is 25.7. The van der Waals surface area contributed by atoms with Gasteiger partial charge in [0.1, 0.15) is 11.1 Å². The number of rotatable bonds is 2. The lowest BCUT2D eigenvalue weighted by molar-refractivity contribution is -0.159. The van der Waals surface area contributed by atoms with E-state index in [0.717, 1.165) is 0 Å². The molecular formula is C11H20N2O2. The van der Waals surface area contributed by atoms with E-state index >= 15 is 0 Å². The molecule has 0 aromatic rings. The van der Waals surface area contributed by atoms with E-state index in [1.54, 1.807) is 25.8 Å². The number of hydrogen-bond donors (Lipinski definition) is 1. The summed E-state index contributed by atoms with van der Waals surface area (Å²) in [7, 11) is 1.71. The van der Waals surface area contributed by atoms with Crippen LogP contribution in [0.5, 0.6) is 0 Å². The Balaban J connectivity index is 3.10. The number of carbonyl (C=O) groups is 2. The fraction of sp³-hybridized carbons (Fsp3) is 0.818. The monoisotopic (exact) mass is 212 g/mol. The minimum atomic E-state index is -0.736. The van der Waals surface area contributed by atoms with Crippen LogP contribution in [0.4, 0.5) is 0 Å². The molecule has 2 unspecified atom stereocenters. The average Bonchev–Trinajstić information content (AvgIpc) is 2.23. The van der Waals surface area contributed by atoms with Crippen LogP contribution in [0.1, 0.15) is 40.5 Å². The van der Waals surface area contributed by atoms with Crippen LogP contribution in [0.2, 0.25) is 0 Å². The summed E-state index contributed by atoms with van der Waals surface area (Å²) < 4.78 is 0. The zero-order chi connectivity index (χ0) is 11.9. The van der Waals surface area contributed by atoms with Crippen LogP contribution in [0.3, 0.4) is 0 Å². The predicted octanol–water partition coefficient (Wildman–Crippen LogP) is 0.912. The van der Waals surface area contributed by atoms with Gasteiger partial charge in [-0.05, 0) is 26.7 Å². The number of carbonyl (C=O) groups excluding carboxylic acids is 2. The molecule has 15 heavy (non-hydrogen) atoms. The fourth-order valence-corrected chi connectivity index (χ4v) is 1.82. The van der Waals surface area contributed by atoms with Crippen LogP contribution in [0, 0.1) is 0 Å². The smallest absolute Gasteiger partial charge is 0.248 e. The van der Waals surface area contributed by atoms with Gasteiger partial charge >= 0.3 is 0 Å². The molecule has 1 aliphatic heterocycles. The van der Waals surface area contributed by atoms with Crippen LogP contribution in [0.25, 0.3) is 0 Å². The van der Waals surface area contributed by atoms with Crippen LogP contribution in [0.15, 0.2) is 0 Å². The van der Waals surface area contributed by atoms with Gasteiger partial charge < -0.3 is 10.2 Å². The van der Waals surface area contributed by atoms with Gasteiger partial charge in [0, 0.05) is 7.05 Å². The van der Waals surface area contributed by atoms with Gasteiger partial charge in [-0.15, -0.1) is 0 Å². The quantitative estimate of drug-likeness (QED) is 0.739. The fourth-order valence-electron chi connectivity index (χ4n) is 1.82. The van der Waals surface area contributed by atoms with Crippen LogP contribution < -0.4 is 5.32 Å². The maximum absolute atomic E-state index is 12.1. The summed E-state index contributed by atoms with van der Waals surface area (Å²) in [5, 5.41) is 2.83. The molecule has 0 bridgehead atoms. The van der Waals surface area contributed by atoms with Crippen LogP contribution >= 0.6 is 0 Å². The maximum Gasteiger partial charge on any atom is 0.248 e. The number of amides is 2. The first-order valence-electron chi connectivity index (χ1n) is 5.42. The minimum Gasteiger partial charge on any atom is -0.340 e. The molecule has 0 radical (unpaired) electrons. The van der Waals surface area contributed by atoms with Crippen molar-refractivity contribution in [3.05, 3.63) is 0 Å². The van der Waals surface area contributed by atoms with E-state index in [9.17, 15) is 9.59 Å². The Kier molecular flexibility index (Phi) is 2.81. The molecule has 0 aromatic carbocycles. The highest BCUT2D eigenvalue weighted by atomic mass is 16.2. The van der Waals surface area contributed by atoms with E-state index in [1.807, 2.05) is 13.8 Å². The van der Waals surface area contributed by atoms with E-state index in [2.05, 4.69) is 5.32 Å². The van der Waals surface area contributed by atoms with Crippen molar-refractivity contribution in [3.63, 3.8) is 0 Å². The Labute approximate surface area is 91.0 Å². The van der Waals surface area contributed by atoms with E-state index in [1.165, 1.54) is 0 Å². The molecule has 1 saturated heterocycles. The molecule has 1 N–H and O–H groups in total. The van der Waals surface area contributed by atoms with Gasteiger partial charge in [-0.25, -0.2) is 0 Å². The molecule has 1 rings (SSSR count). The van der Waals surface area contributed by atoms with Crippen molar-refractivity contribution in [2.75, 3.05) is 7.05 Å². The zero-order valence-corrected chi connectivity index (χ0v) is 10.2. The van der Waals surface area contributed by atoms with Gasteiger partial charge in [0.25, 0.3) is 0 Å². The standard InChI is InChI=1S/C11H20N2O2/c1-6-10(3)9(15)13(5)11(4,7-2)8(14)12-10/h6-7H2,1-5H3,(H,12,14). The van der Waals surface area contributed by atoms with Gasteiger partial charge in [-0.2, -0.15) is 0 Å². The molecule has 1 fully saturated rings. The SMILES string of the molecule is CCC1(C)NC(=O)C(C)(CC)N(C)C1=O. The molecule has 0 aliphatic carbocycles. The summed E-state index contributed by atoms with van der Waals surface area (Å²) in [5.74, 6) is -0.0644. The maximum atomic E-state index is 12.1. The van der Waals surface area contributed by atoms with Crippen molar-refractivity contribution in [3.8, 4) is 0 Å². The van der Waals surface area contributed by atoms with Crippen molar-refractivity contribution < 1.29 is 9.59 Å². The summed E-state index contributed by atoms with van der Waals surface area (Å²) in [6.45, 7) is 7.40. The van der Waals surface area contributed by atoms with Crippen LogP contribution in [-0.4, -0.2) is 34.8 Å². The lowest BCUT2D eigenvalue weighted by Gasteiger charge is -2.48. The Hall–Kier alpha value is -1.06. The predicted molar refractivity (Wildman–Crippen MR) is 58.3 cm³/mol. The summed E-state index contributed by atoms with van der Waals surface area (Å²) in [6, 6.07) is 0. The number of nitrogens with one attached hydrogen (secondary N) is 1. The molecule has 4 nitrogen and oxygen atoms in total. The van der Waals surface area contributed by atoms with Gasteiger partial charge in [0.15, 0.2) is 0 Å². The molecule has 1 heterocycles. The highest BCUT2D eigenvalue weighted by Gasteiger charge is 2.51.